The Hall–Kier alpha value is -1.79. The number of halogens is 1. The Balaban J connectivity index is 1.61. The van der Waals surface area contributed by atoms with Gasteiger partial charge in [-0.3, -0.25) is 14.5 Å². The largest absolute Gasteiger partial charge is 0.492 e. The molecule has 1 aliphatic heterocycles. The number of likely N-dealkylation sites (tertiary alicyclic amines) is 1. The molecule has 1 fully saturated rings. The zero-order valence-corrected chi connectivity index (χ0v) is 15.0. The molecule has 2 N–H and O–H groups in total. The highest BCUT2D eigenvalue weighted by Crippen LogP contribution is 2.20. The molecule has 2 rings (SSSR count). The molecule has 1 aliphatic rings. The molecule has 1 aromatic carbocycles. The first-order valence-electron chi connectivity index (χ1n) is 8.62. The van der Waals surface area contributed by atoms with Crippen LogP contribution in [0, 0.1) is 5.92 Å². The van der Waals surface area contributed by atoms with Crippen LogP contribution in [-0.4, -0.2) is 54.7 Å². The average Bonchev–Trinajstić information content (AvgIpc) is 2.59. The Labute approximate surface area is 153 Å². The summed E-state index contributed by atoms with van der Waals surface area (Å²) in [5.74, 6) is 0.302. The van der Waals surface area contributed by atoms with Crippen LogP contribution in [0.4, 0.5) is 0 Å². The number of carbonyl (C=O) groups is 2. The zero-order chi connectivity index (χ0) is 18.1. The molecule has 0 saturated carbocycles. The number of piperidine rings is 1. The van der Waals surface area contributed by atoms with Gasteiger partial charge in [0.2, 0.25) is 5.91 Å². The van der Waals surface area contributed by atoms with Crippen LogP contribution >= 0.6 is 11.6 Å². The number of carboxylic acids is 1. The lowest BCUT2D eigenvalue weighted by Crippen LogP contribution is -2.43. The van der Waals surface area contributed by atoms with Gasteiger partial charge < -0.3 is 15.2 Å². The average molecular weight is 369 g/mol. The van der Waals surface area contributed by atoms with Gasteiger partial charge in [0.15, 0.2) is 0 Å². The van der Waals surface area contributed by atoms with Gasteiger partial charge in [0.25, 0.3) is 0 Å². The first kappa shape index (κ1) is 19.5. The molecule has 25 heavy (non-hydrogen) atoms. The number of rotatable bonds is 9. The number of nitrogens with zero attached hydrogens (tertiary/aromatic N) is 1. The van der Waals surface area contributed by atoms with Crippen molar-refractivity contribution in [1.82, 2.24) is 10.2 Å². The third kappa shape index (κ3) is 7.75. The predicted octanol–water partition coefficient (Wildman–Crippen LogP) is 2.41. The van der Waals surface area contributed by atoms with Crippen molar-refractivity contribution < 1.29 is 19.4 Å². The Bertz CT molecular complexity index is 565. The van der Waals surface area contributed by atoms with Crippen LogP contribution in [-0.2, 0) is 9.59 Å². The first-order valence-corrected chi connectivity index (χ1v) is 9.00. The predicted molar refractivity (Wildman–Crippen MR) is 96.0 cm³/mol. The lowest BCUT2D eigenvalue weighted by atomic mass is 9.93. The molecular formula is C18H25ClN2O4. The summed E-state index contributed by atoms with van der Waals surface area (Å²) in [6.07, 6.45) is 2.94. The van der Waals surface area contributed by atoms with Crippen LogP contribution < -0.4 is 10.1 Å². The number of carboxylic acid groups (broad SMARTS) is 1. The lowest BCUT2D eigenvalue weighted by Gasteiger charge is -2.32. The summed E-state index contributed by atoms with van der Waals surface area (Å²) < 4.78 is 5.53. The fraction of sp³-hybridized carbons (Fsp3) is 0.556. The highest BCUT2D eigenvalue weighted by Gasteiger charge is 2.21. The maximum absolute atomic E-state index is 12.0. The number of ether oxygens (including phenoxy) is 1. The number of benzene rings is 1. The minimum atomic E-state index is -0.754. The normalized spacial score (nSPS) is 17.9. The number of amides is 1. The van der Waals surface area contributed by atoms with E-state index in [1.807, 2.05) is 0 Å². The first-order chi connectivity index (χ1) is 12.0. The lowest BCUT2D eigenvalue weighted by molar-refractivity contribution is -0.137. The molecule has 0 aromatic heterocycles. The standard InChI is InChI=1S/C18H25ClN2O4/c19-15-4-6-16(7-5-15)25-11-9-20-17(22)13-21-10-1-2-14(12-21)3-8-18(23)24/h4-7,14H,1-3,8-13H2,(H,20,22)(H,23,24). The van der Waals surface area contributed by atoms with E-state index in [2.05, 4.69) is 10.2 Å². The monoisotopic (exact) mass is 368 g/mol. The maximum atomic E-state index is 12.0. The van der Waals surface area contributed by atoms with Gasteiger partial charge in [-0.2, -0.15) is 0 Å². The van der Waals surface area contributed by atoms with Crippen molar-refractivity contribution in [1.29, 1.82) is 0 Å². The molecule has 1 aromatic rings. The molecule has 138 valence electrons. The van der Waals surface area contributed by atoms with Gasteiger partial charge >= 0.3 is 5.97 Å². The molecule has 1 amide bonds. The van der Waals surface area contributed by atoms with Crippen molar-refractivity contribution in [2.75, 3.05) is 32.8 Å². The summed E-state index contributed by atoms with van der Waals surface area (Å²) in [4.78, 5) is 24.8. The van der Waals surface area contributed by atoms with E-state index in [9.17, 15) is 9.59 Å². The number of hydrogen-bond donors (Lipinski definition) is 2. The summed E-state index contributed by atoms with van der Waals surface area (Å²) in [6, 6.07) is 7.09. The molecule has 6 nitrogen and oxygen atoms in total. The smallest absolute Gasteiger partial charge is 0.303 e. The van der Waals surface area contributed by atoms with Gasteiger partial charge in [-0.1, -0.05) is 11.6 Å². The molecule has 7 heteroatoms. The second kappa shape index (κ2) is 10.3. The third-order valence-electron chi connectivity index (χ3n) is 4.24. The Morgan fingerprint density at radius 3 is 2.80 bits per heavy atom. The minimum absolute atomic E-state index is 0.0291. The fourth-order valence-corrected chi connectivity index (χ4v) is 3.13. The molecule has 1 heterocycles. The van der Waals surface area contributed by atoms with Gasteiger partial charge in [-0.05, 0) is 56.0 Å². The molecule has 1 atom stereocenters. The van der Waals surface area contributed by atoms with Gasteiger partial charge in [0, 0.05) is 18.0 Å². The van der Waals surface area contributed by atoms with E-state index in [1.165, 1.54) is 0 Å². The van der Waals surface area contributed by atoms with Crippen LogP contribution in [0.1, 0.15) is 25.7 Å². The molecule has 0 spiro atoms. The van der Waals surface area contributed by atoms with E-state index in [-0.39, 0.29) is 12.3 Å². The topological polar surface area (TPSA) is 78.9 Å². The minimum Gasteiger partial charge on any atom is -0.492 e. The van der Waals surface area contributed by atoms with Crippen LogP contribution in [0.3, 0.4) is 0 Å². The zero-order valence-electron chi connectivity index (χ0n) is 14.2. The van der Waals surface area contributed by atoms with E-state index in [0.29, 0.717) is 37.1 Å². The van der Waals surface area contributed by atoms with Crippen LogP contribution in [0.15, 0.2) is 24.3 Å². The molecule has 1 unspecified atom stereocenters. The van der Waals surface area contributed by atoms with Crippen molar-refractivity contribution in [3.63, 3.8) is 0 Å². The van der Waals surface area contributed by atoms with Crippen molar-refractivity contribution in [2.24, 2.45) is 5.92 Å². The highest BCUT2D eigenvalue weighted by atomic mass is 35.5. The summed E-state index contributed by atoms with van der Waals surface area (Å²) in [5.41, 5.74) is 0. The summed E-state index contributed by atoms with van der Waals surface area (Å²) in [5, 5.41) is 12.3. The maximum Gasteiger partial charge on any atom is 0.303 e. The van der Waals surface area contributed by atoms with Gasteiger partial charge in [0.05, 0.1) is 13.1 Å². The SMILES string of the molecule is O=C(O)CCC1CCCN(CC(=O)NCCOc2ccc(Cl)cc2)C1. The number of carbonyl (C=O) groups excluding carboxylic acids is 1. The Morgan fingerprint density at radius 1 is 1.32 bits per heavy atom. The fourth-order valence-electron chi connectivity index (χ4n) is 3.01. The van der Waals surface area contributed by atoms with Crippen molar-refractivity contribution in [2.45, 2.75) is 25.7 Å². The van der Waals surface area contributed by atoms with Crippen LogP contribution in [0.2, 0.25) is 5.02 Å². The summed E-state index contributed by atoms with van der Waals surface area (Å²) in [6.45, 7) is 2.87. The van der Waals surface area contributed by atoms with Gasteiger partial charge in [-0.15, -0.1) is 0 Å². The van der Waals surface area contributed by atoms with E-state index >= 15 is 0 Å². The quantitative estimate of drug-likeness (QED) is 0.654. The molecule has 0 aliphatic carbocycles. The van der Waals surface area contributed by atoms with E-state index < -0.39 is 5.97 Å². The van der Waals surface area contributed by atoms with E-state index in [4.69, 9.17) is 21.4 Å². The second-order valence-electron chi connectivity index (χ2n) is 6.33. The Kier molecular flexibility index (Phi) is 8.01. The van der Waals surface area contributed by atoms with Gasteiger partial charge in [-0.25, -0.2) is 0 Å². The number of nitrogens with one attached hydrogen (secondary N) is 1. The van der Waals surface area contributed by atoms with Gasteiger partial charge in [0.1, 0.15) is 12.4 Å². The number of hydrogen-bond acceptors (Lipinski definition) is 4. The van der Waals surface area contributed by atoms with E-state index in [0.717, 1.165) is 31.7 Å². The van der Waals surface area contributed by atoms with Crippen molar-refractivity contribution in [3.05, 3.63) is 29.3 Å². The van der Waals surface area contributed by atoms with Crippen molar-refractivity contribution >= 4 is 23.5 Å². The second-order valence-corrected chi connectivity index (χ2v) is 6.76. The third-order valence-corrected chi connectivity index (χ3v) is 4.50. The van der Waals surface area contributed by atoms with Crippen LogP contribution in [0.25, 0.3) is 0 Å². The highest BCUT2D eigenvalue weighted by molar-refractivity contribution is 6.30. The van der Waals surface area contributed by atoms with Crippen LogP contribution in [0.5, 0.6) is 5.75 Å². The molecule has 0 radical (unpaired) electrons. The molecular weight excluding hydrogens is 344 g/mol. The van der Waals surface area contributed by atoms with E-state index in [1.54, 1.807) is 24.3 Å². The molecule has 0 bridgehead atoms. The summed E-state index contributed by atoms with van der Waals surface area (Å²) in [7, 11) is 0. The molecule has 1 saturated heterocycles. The van der Waals surface area contributed by atoms with Crippen molar-refractivity contribution in [3.8, 4) is 5.75 Å². The Morgan fingerprint density at radius 2 is 2.08 bits per heavy atom. The number of aliphatic carboxylic acids is 1. The summed E-state index contributed by atoms with van der Waals surface area (Å²) >= 11 is 5.81.